The maximum atomic E-state index is 9.78. The van der Waals surface area contributed by atoms with Gasteiger partial charge < -0.3 is 0 Å². The zero-order valence-electron chi connectivity index (χ0n) is 17.9. The number of para-hydroxylation sites is 1. The Balaban J connectivity index is 1.71. The van der Waals surface area contributed by atoms with E-state index < -0.39 is 0 Å². The van der Waals surface area contributed by atoms with Crippen LogP contribution in [0.25, 0.3) is 38.9 Å². The zero-order chi connectivity index (χ0) is 22.2. The van der Waals surface area contributed by atoms with E-state index >= 15 is 0 Å². The van der Waals surface area contributed by atoms with Crippen LogP contribution in [0.4, 0.5) is 0 Å². The van der Waals surface area contributed by atoms with Gasteiger partial charge in [0.05, 0.1) is 0 Å². The quantitative estimate of drug-likeness (QED) is 0.368. The Labute approximate surface area is 191 Å². The van der Waals surface area contributed by atoms with E-state index in [1.54, 1.807) is 20.4 Å². The van der Waals surface area contributed by atoms with Crippen molar-refractivity contribution in [3.63, 3.8) is 0 Å². The summed E-state index contributed by atoms with van der Waals surface area (Å²) in [4.78, 5) is 4.46. The van der Waals surface area contributed by atoms with Crippen LogP contribution in [0.5, 0.6) is 11.5 Å². The number of ether oxygens (including phenoxy) is 2. The van der Waals surface area contributed by atoms with E-state index in [-0.39, 0.29) is 21.7 Å². The first kappa shape index (κ1) is 20.6. The van der Waals surface area contributed by atoms with Crippen LogP contribution < -0.4 is 13.9 Å². The molecule has 32 heavy (non-hydrogen) atoms. The van der Waals surface area contributed by atoms with Crippen LogP contribution in [0.2, 0.25) is 5.82 Å². The molecule has 8 heteroatoms. The van der Waals surface area contributed by atoms with Gasteiger partial charge in [-0.1, -0.05) is 0 Å². The van der Waals surface area contributed by atoms with Crippen molar-refractivity contribution in [1.82, 2.24) is 19.2 Å². The topological polar surface area (TPSA) is 73.8 Å². The monoisotopic (exact) mass is 494 g/mol. The Hall–Kier alpha value is -3.32. The van der Waals surface area contributed by atoms with Crippen molar-refractivity contribution in [3.05, 3.63) is 61.1 Å². The van der Waals surface area contributed by atoms with Gasteiger partial charge in [-0.05, 0) is 0 Å². The average Bonchev–Trinajstić information content (AvgIpc) is 3.44. The van der Waals surface area contributed by atoms with E-state index in [0.717, 1.165) is 49.1 Å². The van der Waals surface area contributed by atoms with Gasteiger partial charge in [-0.3, -0.25) is 0 Å². The molecule has 0 spiro atoms. The summed E-state index contributed by atoms with van der Waals surface area (Å²) < 4.78 is 16.0. The first-order valence-corrected chi connectivity index (χ1v) is 12.6. The molecule has 0 aliphatic rings. The third-order valence-corrected chi connectivity index (χ3v) is 7.11. The van der Waals surface area contributed by atoms with E-state index in [1.807, 2.05) is 57.9 Å². The van der Waals surface area contributed by atoms with Crippen molar-refractivity contribution in [2.75, 3.05) is 14.2 Å². The Morgan fingerprint density at radius 2 is 1.91 bits per heavy atom. The Morgan fingerprint density at radius 1 is 1.06 bits per heavy atom. The Kier molecular flexibility index (Phi) is 5.35. The second-order valence-corrected chi connectivity index (χ2v) is 9.02. The van der Waals surface area contributed by atoms with Crippen LogP contribution in [0.15, 0.2) is 61.1 Å². The van der Waals surface area contributed by atoms with E-state index in [1.165, 1.54) is 0 Å². The van der Waals surface area contributed by atoms with Gasteiger partial charge in [0, 0.05) is 0 Å². The summed E-state index contributed by atoms with van der Waals surface area (Å²) in [5, 5.41) is 15.7. The van der Waals surface area contributed by atoms with Crippen LogP contribution in [-0.2, 0) is 6.73 Å². The number of methoxy groups -OCH3 is 2. The third kappa shape index (κ3) is 3.24. The van der Waals surface area contributed by atoms with Crippen LogP contribution in [-0.4, -0.2) is 53.4 Å². The number of benzene rings is 2. The summed E-state index contributed by atoms with van der Waals surface area (Å²) in [5.41, 5.74) is 5.47. The summed E-state index contributed by atoms with van der Waals surface area (Å²) in [7, 11) is 3.31. The van der Waals surface area contributed by atoms with Gasteiger partial charge >= 0.3 is 191 Å². The van der Waals surface area contributed by atoms with Gasteiger partial charge in [0.15, 0.2) is 0 Å². The fourth-order valence-corrected chi connectivity index (χ4v) is 5.33. The van der Waals surface area contributed by atoms with Crippen molar-refractivity contribution in [2.24, 2.45) is 0 Å². The van der Waals surface area contributed by atoms with Crippen molar-refractivity contribution in [1.29, 1.82) is 0 Å². The molecule has 0 bridgehead atoms. The van der Waals surface area contributed by atoms with E-state index in [9.17, 15) is 5.11 Å². The molecule has 5 rings (SSSR count). The summed E-state index contributed by atoms with van der Waals surface area (Å²) in [5.74, 6) is 3.62. The second kappa shape index (κ2) is 8.31. The predicted molar refractivity (Wildman–Crippen MR) is 126 cm³/mol. The molecule has 5 aromatic rings. The molecule has 0 saturated heterocycles. The molecular formula is C24H22N4O3Se. The van der Waals surface area contributed by atoms with Crippen molar-refractivity contribution >= 4 is 35.8 Å². The number of hydrogen-bond donors (Lipinski definition) is 1. The molecule has 0 atom stereocenters. The fraction of sp³-hybridized carbons (Fsp3) is 0.167. The number of hydrogen-bond acceptors (Lipinski definition) is 5. The van der Waals surface area contributed by atoms with Crippen LogP contribution in [0.3, 0.4) is 0 Å². The molecule has 0 radical (unpaired) electrons. The molecule has 0 aliphatic carbocycles. The molecular weight excluding hydrogens is 471 g/mol. The minimum absolute atomic E-state index is 0.0894. The summed E-state index contributed by atoms with van der Waals surface area (Å²) in [6.07, 6.45) is 5.55. The van der Waals surface area contributed by atoms with Gasteiger partial charge in [0.1, 0.15) is 0 Å². The van der Waals surface area contributed by atoms with Crippen molar-refractivity contribution in [2.45, 2.75) is 12.6 Å². The SMILES string of the molecule is COc1cc(-c2cncc3cc(-c4cn(CO)c5ccccc45)nn23)cc([Se]C)c1OC. The summed E-state index contributed by atoms with van der Waals surface area (Å²) in [6.45, 7) is -0.0894. The molecule has 0 saturated carbocycles. The number of nitrogens with zero attached hydrogens (tertiary/aromatic N) is 4. The van der Waals surface area contributed by atoms with Crippen LogP contribution >= 0.6 is 0 Å². The fourth-order valence-electron chi connectivity index (χ4n) is 4.04. The van der Waals surface area contributed by atoms with E-state index in [2.05, 4.69) is 16.9 Å². The summed E-state index contributed by atoms with van der Waals surface area (Å²) >= 11 is 0.220. The molecule has 3 heterocycles. The van der Waals surface area contributed by atoms with Gasteiger partial charge in [-0.15, -0.1) is 0 Å². The van der Waals surface area contributed by atoms with Gasteiger partial charge in [0.2, 0.25) is 0 Å². The predicted octanol–water partition coefficient (Wildman–Crippen LogP) is 3.36. The van der Waals surface area contributed by atoms with Gasteiger partial charge in [0.25, 0.3) is 0 Å². The van der Waals surface area contributed by atoms with Crippen LogP contribution in [0, 0.1) is 0 Å². The van der Waals surface area contributed by atoms with Crippen LogP contribution in [0.1, 0.15) is 0 Å². The third-order valence-electron chi connectivity index (χ3n) is 5.55. The molecule has 0 aliphatic heterocycles. The molecule has 7 nitrogen and oxygen atoms in total. The maximum absolute atomic E-state index is 9.78. The molecule has 3 aromatic heterocycles. The number of aliphatic hydroxyl groups excluding tert-OH is 1. The standard InChI is InChI=1S/C24H22N4O3Se/c1-30-22-8-15(9-23(32-3)24(22)31-2)21-12-25-11-16-10-19(26-28(16)21)18-13-27(14-29)20-7-5-4-6-17(18)20/h4-13,29H,14H2,1-3H3. The Bertz CT molecular complexity index is 1420. The minimum atomic E-state index is -0.0894. The van der Waals surface area contributed by atoms with Crippen molar-refractivity contribution in [3.8, 4) is 34.0 Å². The molecule has 0 amide bonds. The normalized spacial score (nSPS) is 11.4. The molecule has 0 unspecified atom stereocenters. The van der Waals surface area contributed by atoms with Gasteiger partial charge in [-0.2, -0.15) is 0 Å². The number of fused-ring (bicyclic) bond motifs is 2. The number of aliphatic hydroxyl groups is 1. The number of aromatic nitrogens is 4. The average molecular weight is 493 g/mol. The van der Waals surface area contributed by atoms with Gasteiger partial charge in [-0.25, -0.2) is 0 Å². The van der Waals surface area contributed by atoms with E-state index in [0.29, 0.717) is 5.75 Å². The molecule has 162 valence electrons. The second-order valence-electron chi connectivity index (χ2n) is 7.24. The Morgan fingerprint density at radius 3 is 2.66 bits per heavy atom. The first-order chi connectivity index (χ1) is 15.7. The first-order valence-electron chi connectivity index (χ1n) is 10.0. The van der Waals surface area contributed by atoms with E-state index in [4.69, 9.17) is 14.6 Å². The molecule has 2 aromatic carbocycles. The number of rotatable bonds is 6. The zero-order valence-corrected chi connectivity index (χ0v) is 19.7. The molecule has 0 fully saturated rings. The molecule has 1 N–H and O–H groups in total. The van der Waals surface area contributed by atoms with Crippen molar-refractivity contribution < 1.29 is 14.6 Å². The summed E-state index contributed by atoms with van der Waals surface area (Å²) in [6, 6.07) is 14.1.